The number of primary amides is 1. The molecule has 41 nitrogen and oxygen atoms in total. The Labute approximate surface area is 711 Å². The molecule has 2 fully saturated rings. The lowest BCUT2D eigenvalue weighted by Crippen LogP contribution is -2.63. The third-order valence-corrected chi connectivity index (χ3v) is 21.1. The average Bonchev–Trinajstić information content (AvgIpc) is 1.61. The SMILES string of the molecule is CCCCCCCCCCCCC[C@H](CC(=O)O)OC(=O)[C@H](CCCNC(=O)[C@@H](N)CCCN)NC(=O)[C@@H](NC(=O)CNC(=O)[C@@H](NC(=O)[C@@H]1CCCN1C(=O)[C@@H](NC(=O)[C@@H](NC(=O)[C@@H]1CCCN1C(=O)[C@@H](NC(=O)[C@H](Cc1ccc(O)cc1)NC(=O)[C@@H](C)NC(=O)[C@@H](NC(=O)CC(O)CC)[C@@H](C)O)C(C)C)[C@@H](C)O)[C@@H](C)O)[C@H](O)CC(N)=O)[C@@H](C)O. The van der Waals surface area contributed by atoms with E-state index < -0.39 is 235 Å². The van der Waals surface area contributed by atoms with Crippen LogP contribution in [-0.2, 0) is 87.9 Å². The summed E-state index contributed by atoms with van der Waals surface area (Å²) in [7, 11) is 0. The minimum Gasteiger partial charge on any atom is -0.508 e. The summed E-state index contributed by atoms with van der Waals surface area (Å²) < 4.78 is 5.71. The topological polar surface area (TPSA) is 661 Å². The zero-order valence-corrected chi connectivity index (χ0v) is 71.7. The first-order valence-electron chi connectivity index (χ1n) is 42.5. The van der Waals surface area contributed by atoms with Gasteiger partial charge in [0.2, 0.25) is 82.7 Å². The summed E-state index contributed by atoms with van der Waals surface area (Å²) in [5.74, 6) is -17.4. The first-order chi connectivity index (χ1) is 57.6. The Morgan fingerprint density at radius 3 is 1.48 bits per heavy atom. The molecule has 690 valence electrons. The molecule has 2 aliphatic rings. The van der Waals surface area contributed by atoms with Gasteiger partial charge in [-0.25, -0.2) is 4.79 Å². The molecule has 14 amide bonds. The maximum Gasteiger partial charge on any atom is 0.328 e. The van der Waals surface area contributed by atoms with Crippen LogP contribution < -0.4 is 75.7 Å². The number of aromatic hydroxyl groups is 1. The molecular formula is C81H136N16O25. The van der Waals surface area contributed by atoms with Crippen molar-refractivity contribution in [1.29, 1.82) is 0 Å². The number of hydrogen-bond acceptors (Lipinski definition) is 26. The highest BCUT2D eigenvalue weighted by Crippen LogP contribution is 2.25. The smallest absolute Gasteiger partial charge is 0.328 e. The highest BCUT2D eigenvalue weighted by Gasteiger charge is 2.46. The molecule has 41 heteroatoms. The van der Waals surface area contributed by atoms with Crippen LogP contribution in [0.1, 0.15) is 222 Å². The molecule has 1 aromatic carbocycles. The Morgan fingerprint density at radius 1 is 0.484 bits per heavy atom. The lowest BCUT2D eigenvalue weighted by molar-refractivity contribution is -0.157. The van der Waals surface area contributed by atoms with E-state index in [-0.39, 0.29) is 96.0 Å². The number of rotatable bonds is 58. The van der Waals surface area contributed by atoms with Gasteiger partial charge in [-0.1, -0.05) is 104 Å². The number of carbonyl (C=O) groups is 16. The second-order valence-electron chi connectivity index (χ2n) is 32.0. The number of aliphatic hydroxyl groups excluding tert-OH is 6. The number of carbonyl (C=O) groups excluding carboxylic acids is 15. The van der Waals surface area contributed by atoms with Crippen LogP contribution in [0.3, 0.4) is 0 Å². The van der Waals surface area contributed by atoms with E-state index in [1.807, 2.05) is 0 Å². The highest BCUT2D eigenvalue weighted by atomic mass is 16.5. The number of ether oxygens (including phenoxy) is 1. The van der Waals surface area contributed by atoms with Crippen molar-refractivity contribution in [3.8, 4) is 5.75 Å². The third kappa shape index (κ3) is 37.5. The summed E-state index contributed by atoms with van der Waals surface area (Å²) in [6, 6.07) is -13.5. The molecule has 2 saturated heterocycles. The van der Waals surface area contributed by atoms with Crippen LogP contribution in [0, 0.1) is 5.92 Å². The number of carboxylic acids is 1. The largest absolute Gasteiger partial charge is 0.508 e. The zero-order chi connectivity index (χ0) is 91.6. The molecule has 2 heterocycles. The first kappa shape index (κ1) is 106. The molecule has 25 N–H and O–H groups in total. The lowest BCUT2D eigenvalue weighted by Gasteiger charge is -2.33. The van der Waals surface area contributed by atoms with Crippen LogP contribution in [0.5, 0.6) is 5.75 Å². The van der Waals surface area contributed by atoms with Gasteiger partial charge in [-0.15, -0.1) is 0 Å². The van der Waals surface area contributed by atoms with Crippen molar-refractivity contribution in [2.24, 2.45) is 23.1 Å². The van der Waals surface area contributed by atoms with Gasteiger partial charge in [0.1, 0.15) is 78.3 Å². The van der Waals surface area contributed by atoms with Crippen LogP contribution >= 0.6 is 0 Å². The molecule has 2 aliphatic heterocycles. The molecule has 3 rings (SSSR count). The summed E-state index contributed by atoms with van der Waals surface area (Å²) in [5, 5.41) is 111. The van der Waals surface area contributed by atoms with Gasteiger partial charge in [0.25, 0.3) is 0 Å². The molecule has 0 aromatic heterocycles. The number of carboxylic acid groups (broad SMARTS) is 1. The predicted molar refractivity (Wildman–Crippen MR) is 441 cm³/mol. The van der Waals surface area contributed by atoms with E-state index in [9.17, 15) is 118 Å². The number of unbranched alkanes of at least 4 members (excludes halogenated alkanes) is 10. The number of likely N-dealkylation sites (tertiary alicyclic amines) is 2. The molecule has 19 atom stereocenters. The maximum absolute atomic E-state index is 14.7. The van der Waals surface area contributed by atoms with Crippen molar-refractivity contribution in [2.45, 2.75) is 338 Å². The Morgan fingerprint density at radius 2 is 0.967 bits per heavy atom. The minimum atomic E-state index is -2.12. The van der Waals surface area contributed by atoms with Crippen molar-refractivity contribution in [3.05, 3.63) is 29.8 Å². The van der Waals surface area contributed by atoms with Gasteiger partial charge in [0.15, 0.2) is 0 Å². The number of nitrogens with zero attached hydrogens (tertiary/aromatic N) is 2. The monoisotopic (exact) mass is 1730 g/mol. The number of esters is 1. The zero-order valence-electron chi connectivity index (χ0n) is 71.7. The van der Waals surface area contributed by atoms with Gasteiger partial charge in [-0.05, 0) is 135 Å². The number of phenolic OH excluding ortho intramolecular Hbond substituents is 1. The van der Waals surface area contributed by atoms with Crippen molar-refractivity contribution in [3.63, 3.8) is 0 Å². The van der Waals surface area contributed by atoms with Gasteiger partial charge < -0.3 is 131 Å². The maximum atomic E-state index is 14.7. The number of aliphatic hydroxyl groups is 6. The molecule has 0 saturated carbocycles. The van der Waals surface area contributed by atoms with Crippen LogP contribution in [-0.4, -0.2) is 293 Å². The Bertz CT molecular complexity index is 3570. The second-order valence-corrected chi connectivity index (χ2v) is 32.0. The van der Waals surface area contributed by atoms with Crippen LogP contribution in [0.25, 0.3) is 0 Å². The van der Waals surface area contributed by atoms with Gasteiger partial charge in [0, 0.05) is 26.1 Å². The number of amides is 14. The summed E-state index contributed by atoms with van der Waals surface area (Å²) in [4.78, 5) is 221. The fourth-order valence-electron chi connectivity index (χ4n) is 13.9. The van der Waals surface area contributed by atoms with E-state index in [1.54, 1.807) is 20.8 Å². The molecular weight excluding hydrogens is 1600 g/mol. The standard InChI is InChI=1S/C81H136N16O25/c1-10-12-13-14-15-16-17-18-19-20-21-26-53(41-63(108)109)122-81(121)55(28-23-36-85-71(111)54(83)27-22-35-82)88-77(117)66(47(7)99)91-62(107)43-86-75(115)69(59(104)42-60(84)105)95-74(114)58-30-25-38-97(58)80(120)68(49(9)101)94-78(118)67(48(8)100)93-73(113)57-29-24-37-96(57)79(119)64(44(3)4)92-72(112)56(39-50-31-33-52(103)34-32-50)89-70(110)45(5)87-76(116)65(46(6)98)90-61(106)40-51(102)11-2/h31-34,44-49,51,53-59,64-69,98-104H,10-30,35-43,82-83H2,1-9H3,(H2,84,105)(H,85,111)(H,86,115)(H,87,116)(H,88,117)(H,89,110)(H,90,106)(H,91,107)(H,92,112)(H,93,113)(H,94,118)(H,95,114)(H,108,109)/t45-,46-,47-,48-,49-,51?,53-,54+,55+,56+,57+,58+,59-,64+,65+,66+,67+,68+,69+/m1/s1. The van der Waals surface area contributed by atoms with Crippen molar-refractivity contribution < 1.29 is 122 Å². The number of phenols is 1. The first-order valence-corrected chi connectivity index (χ1v) is 42.5. The molecule has 122 heavy (non-hydrogen) atoms. The Hall–Kier alpha value is -9.78. The fraction of sp³-hybridized carbons (Fsp3) is 0.728. The van der Waals surface area contributed by atoms with Gasteiger partial charge in [-0.3, -0.25) is 71.9 Å². The number of aliphatic carboxylic acids is 1. The van der Waals surface area contributed by atoms with Gasteiger partial charge in [-0.2, -0.15) is 0 Å². The second kappa shape index (κ2) is 55.4. The number of nitrogens with two attached hydrogens (primary N) is 3. The van der Waals surface area contributed by atoms with Crippen molar-refractivity contribution in [2.75, 3.05) is 32.7 Å². The van der Waals surface area contributed by atoms with E-state index in [2.05, 4.69) is 65.4 Å². The average molecular weight is 1730 g/mol. The summed E-state index contributed by atoms with van der Waals surface area (Å²) >= 11 is 0. The Kier molecular flexibility index (Phi) is 48.3. The van der Waals surface area contributed by atoms with Crippen molar-refractivity contribution in [1.82, 2.24) is 68.3 Å². The number of benzene rings is 1. The summed E-state index contributed by atoms with van der Waals surface area (Å²) in [5.41, 5.74) is 17.3. The molecule has 1 unspecified atom stereocenters. The van der Waals surface area contributed by atoms with E-state index in [4.69, 9.17) is 21.9 Å². The summed E-state index contributed by atoms with van der Waals surface area (Å²) in [6.07, 6.45) is -0.847. The number of nitrogens with one attached hydrogen (secondary N) is 11. The van der Waals surface area contributed by atoms with E-state index >= 15 is 0 Å². The molecule has 0 bridgehead atoms. The number of hydrogen-bond donors (Lipinski definition) is 22. The van der Waals surface area contributed by atoms with E-state index in [1.165, 1.54) is 57.4 Å². The van der Waals surface area contributed by atoms with Gasteiger partial charge >= 0.3 is 11.9 Å². The molecule has 0 spiro atoms. The fourth-order valence-corrected chi connectivity index (χ4v) is 13.9. The third-order valence-electron chi connectivity index (χ3n) is 21.1. The van der Waals surface area contributed by atoms with Gasteiger partial charge in [0.05, 0.1) is 68.5 Å². The molecule has 0 radical (unpaired) electrons. The summed E-state index contributed by atoms with van der Waals surface area (Å²) in [6.45, 7) is 11.6. The molecule has 1 aromatic rings. The minimum absolute atomic E-state index is 0.00641. The molecule has 0 aliphatic carbocycles. The van der Waals surface area contributed by atoms with Crippen molar-refractivity contribution >= 4 is 94.6 Å². The normalized spacial score (nSPS) is 18.1. The van der Waals surface area contributed by atoms with Crippen LogP contribution in [0.4, 0.5) is 0 Å². The van der Waals surface area contributed by atoms with Crippen LogP contribution in [0.2, 0.25) is 0 Å². The highest BCUT2D eigenvalue weighted by molar-refractivity contribution is 6.00. The van der Waals surface area contributed by atoms with Crippen LogP contribution in [0.15, 0.2) is 24.3 Å². The Balaban J connectivity index is 1.79. The van der Waals surface area contributed by atoms with E-state index in [0.717, 1.165) is 75.5 Å². The lowest BCUT2D eigenvalue weighted by atomic mass is 9.99. The van der Waals surface area contributed by atoms with E-state index in [0.29, 0.717) is 24.9 Å². The quantitative estimate of drug-likeness (QED) is 0.0219. The predicted octanol–water partition coefficient (Wildman–Crippen LogP) is -3.96.